The predicted octanol–water partition coefficient (Wildman–Crippen LogP) is 4.24. The fourth-order valence-electron chi connectivity index (χ4n) is 5.43. The lowest BCUT2D eigenvalue weighted by Crippen LogP contribution is -2.41. The molecule has 0 aliphatic carbocycles. The summed E-state index contributed by atoms with van der Waals surface area (Å²) < 4.78 is 1.75. The molecule has 2 fully saturated rings. The molecule has 1 amide bonds. The fourth-order valence-corrected chi connectivity index (χ4v) is 5.43. The Morgan fingerprint density at radius 3 is 2.70 bits per heavy atom. The van der Waals surface area contributed by atoms with Crippen molar-refractivity contribution in [1.82, 2.24) is 29.8 Å². The van der Waals surface area contributed by atoms with Crippen LogP contribution in [0.4, 0.5) is 0 Å². The summed E-state index contributed by atoms with van der Waals surface area (Å²) in [6.07, 6.45) is 9.23. The maximum Gasteiger partial charge on any atom is 0.276 e. The molecule has 174 valence electrons. The summed E-state index contributed by atoms with van der Waals surface area (Å²) in [7, 11) is 0. The second-order valence-corrected chi connectivity index (χ2v) is 9.69. The molecule has 33 heavy (non-hydrogen) atoms. The zero-order valence-corrected chi connectivity index (χ0v) is 19.8. The Kier molecular flexibility index (Phi) is 6.40. The number of carbonyl (C=O) groups excluding carboxylic acids is 1. The quantitative estimate of drug-likeness (QED) is 0.586. The number of hydrogen-bond acceptors (Lipinski definition) is 5. The molecular formula is C26H34N6O. The lowest BCUT2D eigenvalue weighted by Gasteiger charge is -2.36. The van der Waals surface area contributed by atoms with E-state index >= 15 is 0 Å². The molecule has 2 aromatic heterocycles. The lowest BCUT2D eigenvalue weighted by atomic mass is 9.92. The van der Waals surface area contributed by atoms with Crippen LogP contribution in [0.1, 0.15) is 61.6 Å². The molecule has 2 aliphatic heterocycles. The first-order valence-electron chi connectivity index (χ1n) is 12.4. The number of para-hydroxylation sites is 1. The van der Waals surface area contributed by atoms with Crippen molar-refractivity contribution < 1.29 is 4.79 Å². The Labute approximate surface area is 195 Å². The normalized spacial score (nSPS) is 20.4. The van der Waals surface area contributed by atoms with Gasteiger partial charge in [-0.2, -0.15) is 0 Å². The van der Waals surface area contributed by atoms with E-state index in [-0.39, 0.29) is 5.91 Å². The molecule has 1 aromatic carbocycles. The maximum absolute atomic E-state index is 13.3. The zero-order valence-electron chi connectivity index (χ0n) is 19.8. The molecule has 2 saturated heterocycles. The minimum atomic E-state index is -0.00458. The number of likely N-dealkylation sites (tertiary alicyclic amines) is 2. The number of hydrogen-bond donors (Lipinski definition) is 0. The molecule has 0 radical (unpaired) electrons. The molecule has 0 bridgehead atoms. The first-order valence-corrected chi connectivity index (χ1v) is 12.4. The highest BCUT2D eigenvalue weighted by molar-refractivity contribution is 5.94. The Morgan fingerprint density at radius 2 is 1.88 bits per heavy atom. The van der Waals surface area contributed by atoms with Crippen LogP contribution in [-0.2, 0) is 0 Å². The number of nitrogens with zero attached hydrogens (tertiary/aromatic N) is 6. The highest BCUT2D eigenvalue weighted by Gasteiger charge is 2.28. The summed E-state index contributed by atoms with van der Waals surface area (Å²) in [4.78, 5) is 22.4. The molecule has 0 N–H and O–H groups in total. The van der Waals surface area contributed by atoms with Crippen molar-refractivity contribution in [1.29, 1.82) is 0 Å². The highest BCUT2D eigenvalue weighted by Crippen LogP contribution is 2.26. The number of benzene rings is 1. The van der Waals surface area contributed by atoms with Gasteiger partial charge in [-0.3, -0.25) is 9.78 Å². The van der Waals surface area contributed by atoms with Crippen LogP contribution in [0.2, 0.25) is 0 Å². The number of aromatic nitrogens is 4. The van der Waals surface area contributed by atoms with E-state index in [1.807, 2.05) is 42.2 Å². The summed E-state index contributed by atoms with van der Waals surface area (Å²) in [5.41, 5.74) is 2.92. The van der Waals surface area contributed by atoms with Crippen molar-refractivity contribution in [3.05, 3.63) is 47.9 Å². The second kappa shape index (κ2) is 9.59. The summed E-state index contributed by atoms with van der Waals surface area (Å²) in [6, 6.07) is 10.7. The van der Waals surface area contributed by atoms with Gasteiger partial charge in [0.15, 0.2) is 5.69 Å². The van der Waals surface area contributed by atoms with Gasteiger partial charge in [0.2, 0.25) is 0 Å². The van der Waals surface area contributed by atoms with Crippen LogP contribution in [0.15, 0.2) is 36.5 Å². The third-order valence-electron chi connectivity index (χ3n) is 7.60. The van der Waals surface area contributed by atoms with Crippen LogP contribution >= 0.6 is 0 Å². The Hall–Kier alpha value is -2.80. The van der Waals surface area contributed by atoms with Gasteiger partial charge in [0.1, 0.15) is 0 Å². The molecule has 0 saturated carbocycles. The van der Waals surface area contributed by atoms with E-state index < -0.39 is 0 Å². The lowest BCUT2D eigenvalue weighted by molar-refractivity contribution is 0.0666. The third kappa shape index (κ3) is 4.51. The molecule has 3 aromatic rings. The molecule has 0 unspecified atom stereocenters. The Bertz CT molecular complexity index is 1110. The zero-order chi connectivity index (χ0) is 22.8. The summed E-state index contributed by atoms with van der Waals surface area (Å²) in [5.74, 6) is 0.705. The smallest absolute Gasteiger partial charge is 0.276 e. The Morgan fingerprint density at radius 1 is 1.06 bits per heavy atom. The van der Waals surface area contributed by atoms with Crippen molar-refractivity contribution in [3.8, 4) is 5.69 Å². The second-order valence-electron chi connectivity index (χ2n) is 9.69. The molecule has 4 heterocycles. The number of piperidine rings is 2. The fraction of sp³-hybridized carbons (Fsp3) is 0.538. The minimum absolute atomic E-state index is 0.00458. The van der Waals surface area contributed by atoms with Gasteiger partial charge in [0.05, 0.1) is 16.9 Å². The van der Waals surface area contributed by atoms with E-state index in [1.165, 1.54) is 38.8 Å². The summed E-state index contributed by atoms with van der Waals surface area (Å²) in [5, 5.41) is 9.66. The summed E-state index contributed by atoms with van der Waals surface area (Å²) >= 11 is 0. The molecule has 1 atom stereocenters. The number of pyridine rings is 1. The highest BCUT2D eigenvalue weighted by atomic mass is 16.2. The monoisotopic (exact) mass is 446 g/mol. The van der Waals surface area contributed by atoms with Gasteiger partial charge in [-0.25, -0.2) is 4.68 Å². The van der Waals surface area contributed by atoms with Crippen LogP contribution < -0.4 is 0 Å². The average molecular weight is 447 g/mol. The van der Waals surface area contributed by atoms with Crippen molar-refractivity contribution in [2.24, 2.45) is 5.92 Å². The molecular weight excluding hydrogens is 412 g/mol. The van der Waals surface area contributed by atoms with Gasteiger partial charge in [-0.15, -0.1) is 5.10 Å². The van der Waals surface area contributed by atoms with Gasteiger partial charge < -0.3 is 9.80 Å². The van der Waals surface area contributed by atoms with Crippen molar-refractivity contribution in [3.63, 3.8) is 0 Å². The molecule has 7 nitrogen and oxygen atoms in total. The number of amides is 1. The number of carbonyl (C=O) groups is 1. The standard InChI is InChI=1S/C26H34N6O/c1-19-7-3-4-15-30(19)16-11-21-12-17-31(18-13-21)26(33)24-20(2)32(29-28-24)23-10-5-8-22-9-6-14-27-25(22)23/h5-6,8-10,14,19,21H,3-4,7,11-13,15-18H2,1-2H3/t19-/m0/s1. The molecule has 5 rings (SSSR count). The molecule has 7 heteroatoms. The number of fused-ring (bicyclic) bond motifs is 1. The molecule has 2 aliphatic rings. The van der Waals surface area contributed by atoms with Gasteiger partial charge in [-0.05, 0) is 77.1 Å². The van der Waals surface area contributed by atoms with E-state index in [9.17, 15) is 4.79 Å². The van der Waals surface area contributed by atoms with Gasteiger partial charge in [0, 0.05) is 30.7 Å². The average Bonchev–Trinajstić information content (AvgIpc) is 3.24. The minimum Gasteiger partial charge on any atom is -0.337 e. The van der Waals surface area contributed by atoms with Crippen LogP contribution in [0.3, 0.4) is 0 Å². The van der Waals surface area contributed by atoms with Crippen LogP contribution in [0, 0.1) is 12.8 Å². The largest absolute Gasteiger partial charge is 0.337 e. The molecule has 0 spiro atoms. The van der Waals surface area contributed by atoms with E-state index in [0.29, 0.717) is 11.6 Å². The van der Waals surface area contributed by atoms with Crippen LogP contribution in [0.25, 0.3) is 16.6 Å². The maximum atomic E-state index is 13.3. The van der Waals surface area contributed by atoms with Crippen LogP contribution in [-0.4, -0.2) is 67.9 Å². The van der Waals surface area contributed by atoms with Gasteiger partial charge in [-0.1, -0.05) is 29.8 Å². The predicted molar refractivity (Wildman–Crippen MR) is 130 cm³/mol. The topological polar surface area (TPSA) is 67.2 Å². The first-order chi connectivity index (χ1) is 16.1. The van der Waals surface area contributed by atoms with Crippen LogP contribution in [0.5, 0.6) is 0 Å². The van der Waals surface area contributed by atoms with Crippen molar-refractivity contribution >= 4 is 16.8 Å². The first kappa shape index (κ1) is 22.0. The van der Waals surface area contributed by atoms with E-state index in [1.54, 1.807) is 10.9 Å². The SMILES string of the molecule is Cc1c(C(=O)N2CCC(CCN3CCCC[C@@H]3C)CC2)nnn1-c1cccc2cccnc12. The van der Waals surface area contributed by atoms with Crippen molar-refractivity contribution in [2.75, 3.05) is 26.2 Å². The number of rotatable bonds is 5. The van der Waals surface area contributed by atoms with E-state index in [4.69, 9.17) is 0 Å². The van der Waals surface area contributed by atoms with Crippen molar-refractivity contribution in [2.45, 2.75) is 58.4 Å². The van der Waals surface area contributed by atoms with E-state index in [0.717, 1.165) is 54.3 Å². The Balaban J connectivity index is 1.23. The van der Waals surface area contributed by atoms with Gasteiger partial charge in [0.25, 0.3) is 5.91 Å². The van der Waals surface area contributed by atoms with Gasteiger partial charge >= 0.3 is 0 Å². The van der Waals surface area contributed by atoms with E-state index in [2.05, 4.69) is 27.1 Å². The third-order valence-corrected chi connectivity index (χ3v) is 7.60. The summed E-state index contributed by atoms with van der Waals surface area (Å²) in [6.45, 7) is 8.35.